The molecule has 1 saturated carbocycles. The molecule has 102 valence electrons. The summed E-state index contributed by atoms with van der Waals surface area (Å²) in [6.45, 7) is 4.34. The number of aliphatic hydroxyl groups is 1. The summed E-state index contributed by atoms with van der Waals surface area (Å²) in [7, 11) is 3.66. The summed E-state index contributed by atoms with van der Waals surface area (Å²) in [6.07, 6.45) is 3.21. The van der Waals surface area contributed by atoms with E-state index in [0.717, 1.165) is 18.9 Å². The lowest BCUT2D eigenvalue weighted by atomic mass is 9.79. The minimum atomic E-state index is -0.401. The number of rotatable bonds is 6. The van der Waals surface area contributed by atoms with Crippen LogP contribution >= 0.6 is 0 Å². The number of nitrogens with zero attached hydrogens (tertiary/aromatic N) is 1. The Bertz CT molecular complexity index is 214. The maximum absolute atomic E-state index is 9.67. The van der Waals surface area contributed by atoms with Crippen molar-refractivity contribution in [3.8, 4) is 0 Å². The second-order valence-corrected chi connectivity index (χ2v) is 5.67. The molecule has 0 aromatic carbocycles. The Labute approximate surface area is 105 Å². The van der Waals surface area contributed by atoms with Gasteiger partial charge in [0.1, 0.15) is 0 Å². The Balaban J connectivity index is 2.31. The number of nitrogens with two attached hydrogens (primary N) is 1. The van der Waals surface area contributed by atoms with E-state index in [0.29, 0.717) is 25.1 Å². The molecule has 1 aliphatic rings. The number of methoxy groups -OCH3 is 1. The molecule has 3 N–H and O–H groups in total. The molecule has 1 aliphatic carbocycles. The average Bonchev–Trinajstić information content (AvgIpc) is 2.23. The molecule has 0 aromatic heterocycles. The van der Waals surface area contributed by atoms with Crippen molar-refractivity contribution in [1.29, 1.82) is 0 Å². The molecule has 1 fully saturated rings. The van der Waals surface area contributed by atoms with Crippen LogP contribution in [0.15, 0.2) is 0 Å². The Morgan fingerprint density at radius 3 is 2.82 bits per heavy atom. The molecule has 4 atom stereocenters. The fraction of sp³-hybridized carbons (Fsp3) is 1.00. The molecule has 0 aromatic rings. The number of hydrogen-bond donors (Lipinski definition) is 2. The molecule has 17 heavy (non-hydrogen) atoms. The highest BCUT2D eigenvalue weighted by molar-refractivity contribution is 4.83. The topological polar surface area (TPSA) is 58.7 Å². The largest absolute Gasteiger partial charge is 0.389 e. The van der Waals surface area contributed by atoms with Crippen molar-refractivity contribution in [2.75, 3.05) is 33.9 Å². The molecule has 0 aliphatic heterocycles. The second-order valence-electron chi connectivity index (χ2n) is 5.67. The summed E-state index contributed by atoms with van der Waals surface area (Å²) in [6, 6.07) is 0.327. The summed E-state index contributed by atoms with van der Waals surface area (Å²) in [5.74, 6) is 1.36. The van der Waals surface area contributed by atoms with Crippen LogP contribution in [-0.4, -0.2) is 56.0 Å². The van der Waals surface area contributed by atoms with Gasteiger partial charge < -0.3 is 20.5 Å². The monoisotopic (exact) mass is 244 g/mol. The van der Waals surface area contributed by atoms with Crippen LogP contribution in [0.4, 0.5) is 0 Å². The minimum Gasteiger partial charge on any atom is -0.389 e. The minimum absolute atomic E-state index is 0.327. The number of aliphatic hydroxyl groups excluding tert-OH is 1. The van der Waals surface area contributed by atoms with E-state index >= 15 is 0 Å². The summed E-state index contributed by atoms with van der Waals surface area (Å²) in [4.78, 5) is 2.17. The lowest BCUT2D eigenvalue weighted by Gasteiger charge is -2.35. The smallest absolute Gasteiger partial charge is 0.0899 e. The Morgan fingerprint density at radius 2 is 2.18 bits per heavy atom. The number of ether oxygens (including phenoxy) is 1. The molecular formula is C13H28N2O2. The van der Waals surface area contributed by atoms with Gasteiger partial charge in [0.2, 0.25) is 0 Å². The van der Waals surface area contributed by atoms with Crippen LogP contribution in [0.2, 0.25) is 0 Å². The van der Waals surface area contributed by atoms with E-state index in [1.807, 2.05) is 7.05 Å². The van der Waals surface area contributed by atoms with Crippen LogP contribution in [0.3, 0.4) is 0 Å². The summed E-state index contributed by atoms with van der Waals surface area (Å²) in [5.41, 5.74) is 6.17. The predicted molar refractivity (Wildman–Crippen MR) is 69.9 cm³/mol. The van der Waals surface area contributed by atoms with Crippen LogP contribution < -0.4 is 5.73 Å². The molecule has 0 heterocycles. The van der Waals surface area contributed by atoms with Crippen molar-refractivity contribution in [2.45, 2.75) is 38.3 Å². The first-order chi connectivity index (χ1) is 8.02. The molecule has 0 amide bonds. The van der Waals surface area contributed by atoms with Gasteiger partial charge in [-0.15, -0.1) is 0 Å². The molecular weight excluding hydrogens is 216 g/mol. The van der Waals surface area contributed by atoms with Crippen molar-refractivity contribution in [2.24, 2.45) is 17.6 Å². The normalized spacial score (nSPS) is 31.8. The molecule has 0 bridgehead atoms. The van der Waals surface area contributed by atoms with Crippen LogP contribution in [0.1, 0.15) is 26.2 Å². The zero-order valence-electron chi connectivity index (χ0n) is 11.4. The predicted octanol–water partition coefficient (Wildman–Crippen LogP) is 0.689. The van der Waals surface area contributed by atoms with Crippen molar-refractivity contribution in [1.82, 2.24) is 4.90 Å². The first kappa shape index (κ1) is 14.9. The molecule has 0 spiro atoms. The van der Waals surface area contributed by atoms with E-state index in [4.69, 9.17) is 10.5 Å². The van der Waals surface area contributed by atoms with E-state index in [1.54, 1.807) is 7.11 Å². The van der Waals surface area contributed by atoms with E-state index < -0.39 is 6.10 Å². The van der Waals surface area contributed by atoms with Crippen molar-refractivity contribution in [3.63, 3.8) is 0 Å². The standard InChI is InChI=1S/C13H28N2O2/c1-10-4-5-13(14)11(6-10)7-15(2)8-12(16)9-17-3/h10-13,16H,4-9,14H2,1-3H3. The molecule has 4 heteroatoms. The van der Waals surface area contributed by atoms with E-state index in [-0.39, 0.29) is 0 Å². The maximum atomic E-state index is 9.67. The van der Waals surface area contributed by atoms with E-state index in [1.165, 1.54) is 12.8 Å². The van der Waals surface area contributed by atoms with Crippen molar-refractivity contribution < 1.29 is 9.84 Å². The highest BCUT2D eigenvalue weighted by atomic mass is 16.5. The quantitative estimate of drug-likeness (QED) is 0.722. The average molecular weight is 244 g/mol. The van der Waals surface area contributed by atoms with Crippen LogP contribution in [0.25, 0.3) is 0 Å². The maximum Gasteiger partial charge on any atom is 0.0899 e. The van der Waals surface area contributed by atoms with E-state index in [2.05, 4.69) is 11.8 Å². The van der Waals surface area contributed by atoms with Crippen LogP contribution in [0, 0.1) is 11.8 Å². The third kappa shape index (κ3) is 5.34. The molecule has 4 nitrogen and oxygen atoms in total. The van der Waals surface area contributed by atoms with Gasteiger partial charge in [-0.05, 0) is 38.1 Å². The molecule has 0 saturated heterocycles. The van der Waals surface area contributed by atoms with Crippen molar-refractivity contribution in [3.05, 3.63) is 0 Å². The highest BCUT2D eigenvalue weighted by Crippen LogP contribution is 2.28. The fourth-order valence-corrected chi connectivity index (χ4v) is 2.81. The van der Waals surface area contributed by atoms with Gasteiger partial charge in [0.25, 0.3) is 0 Å². The third-order valence-electron chi connectivity index (χ3n) is 3.73. The molecule has 1 rings (SSSR count). The Morgan fingerprint density at radius 1 is 1.47 bits per heavy atom. The zero-order chi connectivity index (χ0) is 12.8. The lowest BCUT2D eigenvalue weighted by Crippen LogP contribution is -2.43. The highest BCUT2D eigenvalue weighted by Gasteiger charge is 2.27. The summed E-state index contributed by atoms with van der Waals surface area (Å²) in [5, 5.41) is 9.67. The van der Waals surface area contributed by atoms with Gasteiger partial charge in [0.15, 0.2) is 0 Å². The van der Waals surface area contributed by atoms with Gasteiger partial charge in [-0.1, -0.05) is 6.92 Å². The second kappa shape index (κ2) is 7.31. The van der Waals surface area contributed by atoms with Gasteiger partial charge in [-0.2, -0.15) is 0 Å². The SMILES string of the molecule is COCC(O)CN(C)CC1CC(C)CCC1N. The Hall–Kier alpha value is -0.160. The van der Waals surface area contributed by atoms with E-state index in [9.17, 15) is 5.11 Å². The summed E-state index contributed by atoms with van der Waals surface area (Å²) < 4.78 is 4.93. The third-order valence-corrected chi connectivity index (χ3v) is 3.73. The Kier molecular flexibility index (Phi) is 6.41. The molecule has 0 radical (unpaired) electrons. The van der Waals surface area contributed by atoms with Crippen LogP contribution in [0.5, 0.6) is 0 Å². The first-order valence-corrected chi connectivity index (χ1v) is 6.64. The van der Waals surface area contributed by atoms with Gasteiger partial charge in [-0.25, -0.2) is 0 Å². The first-order valence-electron chi connectivity index (χ1n) is 6.64. The van der Waals surface area contributed by atoms with Crippen molar-refractivity contribution >= 4 is 0 Å². The van der Waals surface area contributed by atoms with Gasteiger partial charge >= 0.3 is 0 Å². The van der Waals surface area contributed by atoms with Crippen LogP contribution in [-0.2, 0) is 4.74 Å². The van der Waals surface area contributed by atoms with Gasteiger partial charge in [-0.3, -0.25) is 0 Å². The molecule has 4 unspecified atom stereocenters. The number of hydrogen-bond acceptors (Lipinski definition) is 4. The van der Waals surface area contributed by atoms with Gasteiger partial charge in [0, 0.05) is 26.2 Å². The van der Waals surface area contributed by atoms with Gasteiger partial charge in [0.05, 0.1) is 12.7 Å². The fourth-order valence-electron chi connectivity index (χ4n) is 2.81. The summed E-state index contributed by atoms with van der Waals surface area (Å²) >= 11 is 0. The zero-order valence-corrected chi connectivity index (χ0v) is 11.4. The number of likely N-dealkylation sites (N-methyl/N-ethyl adjacent to an activating group) is 1. The lowest BCUT2D eigenvalue weighted by molar-refractivity contribution is 0.0371.